The molecule has 1 aliphatic heterocycles. The zero-order valence-corrected chi connectivity index (χ0v) is 9.21. The highest BCUT2D eigenvalue weighted by atomic mass is 79.9. The van der Waals surface area contributed by atoms with Gasteiger partial charge in [-0.25, -0.2) is 0 Å². The molecule has 12 heavy (non-hydrogen) atoms. The summed E-state index contributed by atoms with van der Waals surface area (Å²) in [5.41, 5.74) is 1.43. The predicted molar refractivity (Wildman–Crippen MR) is 56.7 cm³/mol. The van der Waals surface area contributed by atoms with Gasteiger partial charge in [0, 0.05) is 21.2 Å². The Morgan fingerprint density at radius 2 is 2.42 bits per heavy atom. The summed E-state index contributed by atoms with van der Waals surface area (Å²) in [6.45, 7) is 0. The molecule has 1 atom stereocenters. The number of benzene rings is 1. The minimum atomic E-state index is 0.530. The van der Waals surface area contributed by atoms with E-state index in [1.807, 2.05) is 18.8 Å². The normalized spacial score (nSPS) is 21.0. The van der Waals surface area contributed by atoms with Crippen molar-refractivity contribution in [2.45, 2.75) is 10.9 Å². The van der Waals surface area contributed by atoms with E-state index in [-0.39, 0.29) is 0 Å². The second-order valence-electron chi connectivity index (χ2n) is 2.81. The van der Waals surface area contributed by atoms with Crippen molar-refractivity contribution in [1.82, 2.24) is 5.32 Å². The second-order valence-corrected chi connectivity index (χ2v) is 4.70. The molecule has 0 fully saturated rings. The molecule has 1 unspecified atom stereocenters. The summed E-state index contributed by atoms with van der Waals surface area (Å²) >= 11 is 5.47. The molecule has 3 heteroatoms. The van der Waals surface area contributed by atoms with Gasteiger partial charge in [-0.3, -0.25) is 0 Å². The highest BCUT2D eigenvalue weighted by Gasteiger charge is 2.22. The molecule has 1 nitrogen and oxygen atoms in total. The molecule has 0 saturated carbocycles. The van der Waals surface area contributed by atoms with Crippen molar-refractivity contribution in [3.63, 3.8) is 0 Å². The molecule has 0 aromatic heterocycles. The third-order valence-corrected chi connectivity index (χ3v) is 4.28. The first-order chi connectivity index (χ1) is 5.83. The lowest BCUT2D eigenvalue weighted by Gasteiger charge is -2.08. The predicted octanol–water partition coefficient (Wildman–Crippen LogP) is 2.82. The van der Waals surface area contributed by atoms with Gasteiger partial charge < -0.3 is 5.32 Å². The quantitative estimate of drug-likeness (QED) is 0.815. The van der Waals surface area contributed by atoms with Gasteiger partial charge in [-0.05, 0) is 34.6 Å². The highest BCUT2D eigenvalue weighted by Crippen LogP contribution is 2.41. The van der Waals surface area contributed by atoms with Gasteiger partial charge in [0.1, 0.15) is 0 Å². The lowest BCUT2D eigenvalue weighted by Crippen LogP contribution is -2.15. The first-order valence-electron chi connectivity index (χ1n) is 3.91. The third kappa shape index (κ3) is 1.30. The Morgan fingerprint density at radius 1 is 1.58 bits per heavy atom. The van der Waals surface area contributed by atoms with Gasteiger partial charge >= 0.3 is 0 Å². The summed E-state index contributed by atoms with van der Waals surface area (Å²) < 4.78 is 1.22. The van der Waals surface area contributed by atoms with Crippen LogP contribution in [-0.2, 0) is 0 Å². The third-order valence-electron chi connectivity index (χ3n) is 2.12. The van der Waals surface area contributed by atoms with Gasteiger partial charge in [-0.1, -0.05) is 12.1 Å². The van der Waals surface area contributed by atoms with Crippen LogP contribution in [0, 0.1) is 0 Å². The van der Waals surface area contributed by atoms with E-state index in [0.717, 1.165) is 5.75 Å². The summed E-state index contributed by atoms with van der Waals surface area (Å²) in [4.78, 5) is 1.40. The molecule has 0 spiro atoms. The number of hydrogen-bond donors (Lipinski definition) is 1. The van der Waals surface area contributed by atoms with Crippen molar-refractivity contribution >= 4 is 27.7 Å². The number of nitrogens with one attached hydrogen (secondary N) is 1. The molecule has 0 bridgehead atoms. The molecular weight excluding hydrogens is 234 g/mol. The van der Waals surface area contributed by atoms with E-state index in [4.69, 9.17) is 0 Å². The number of hydrogen-bond acceptors (Lipinski definition) is 2. The molecule has 0 saturated heterocycles. The van der Waals surface area contributed by atoms with E-state index < -0.39 is 0 Å². The minimum absolute atomic E-state index is 0.530. The topological polar surface area (TPSA) is 12.0 Å². The lowest BCUT2D eigenvalue weighted by molar-refractivity contribution is 0.663. The summed E-state index contributed by atoms with van der Waals surface area (Å²) in [6.07, 6.45) is 0. The standard InChI is InChI=1S/C9H10BrNS/c1-11-8-5-12-9-6(8)3-2-4-7(9)10/h2-4,8,11H,5H2,1H3. The number of thioether (sulfide) groups is 1. The van der Waals surface area contributed by atoms with Crippen LogP contribution in [0.25, 0.3) is 0 Å². The minimum Gasteiger partial charge on any atom is -0.312 e. The van der Waals surface area contributed by atoms with Gasteiger partial charge in [0.05, 0.1) is 0 Å². The van der Waals surface area contributed by atoms with Crippen molar-refractivity contribution in [1.29, 1.82) is 0 Å². The maximum Gasteiger partial charge on any atom is 0.0424 e. The van der Waals surface area contributed by atoms with E-state index in [9.17, 15) is 0 Å². The Labute approximate surface area is 85.1 Å². The molecule has 1 aliphatic rings. The molecule has 1 aromatic rings. The Morgan fingerprint density at radius 3 is 3.17 bits per heavy atom. The van der Waals surface area contributed by atoms with Gasteiger partial charge in [-0.2, -0.15) is 0 Å². The van der Waals surface area contributed by atoms with Gasteiger partial charge in [-0.15, -0.1) is 11.8 Å². The van der Waals surface area contributed by atoms with E-state index in [2.05, 4.69) is 39.4 Å². The molecule has 0 amide bonds. The van der Waals surface area contributed by atoms with E-state index >= 15 is 0 Å². The highest BCUT2D eigenvalue weighted by molar-refractivity contribution is 9.10. The zero-order valence-electron chi connectivity index (χ0n) is 6.80. The lowest BCUT2D eigenvalue weighted by atomic mass is 10.1. The smallest absolute Gasteiger partial charge is 0.0424 e. The fourth-order valence-corrected chi connectivity index (χ4v) is 3.43. The summed E-state index contributed by atoms with van der Waals surface area (Å²) in [5, 5.41) is 3.31. The van der Waals surface area contributed by atoms with Gasteiger partial charge in [0.2, 0.25) is 0 Å². The van der Waals surface area contributed by atoms with E-state index in [0.29, 0.717) is 6.04 Å². The van der Waals surface area contributed by atoms with Crippen molar-refractivity contribution in [2.75, 3.05) is 12.8 Å². The molecule has 64 valence electrons. The Hall–Kier alpha value is 0.0100. The summed E-state index contributed by atoms with van der Waals surface area (Å²) in [6, 6.07) is 6.92. The van der Waals surface area contributed by atoms with E-state index in [1.165, 1.54) is 14.9 Å². The fraction of sp³-hybridized carbons (Fsp3) is 0.333. The summed E-state index contributed by atoms with van der Waals surface area (Å²) in [7, 11) is 2.02. The Bertz CT molecular complexity index is 301. The maximum absolute atomic E-state index is 3.56. The molecule has 2 rings (SSSR count). The van der Waals surface area contributed by atoms with Crippen molar-refractivity contribution in [3.8, 4) is 0 Å². The number of rotatable bonds is 1. The first kappa shape index (κ1) is 8.60. The number of fused-ring (bicyclic) bond motifs is 1. The largest absolute Gasteiger partial charge is 0.312 e. The second kappa shape index (κ2) is 3.40. The van der Waals surface area contributed by atoms with Crippen molar-refractivity contribution < 1.29 is 0 Å². The van der Waals surface area contributed by atoms with E-state index in [1.54, 1.807) is 0 Å². The zero-order chi connectivity index (χ0) is 8.55. The van der Waals surface area contributed by atoms with Crippen LogP contribution in [0.4, 0.5) is 0 Å². The molecular formula is C9H10BrNS. The average Bonchev–Trinajstić information content (AvgIpc) is 2.49. The van der Waals surface area contributed by atoms with Crippen LogP contribution in [0.15, 0.2) is 27.6 Å². The van der Waals surface area contributed by atoms with Crippen LogP contribution in [-0.4, -0.2) is 12.8 Å². The SMILES string of the molecule is CNC1CSc2c(Br)cccc21. The van der Waals surface area contributed by atoms with Crippen molar-refractivity contribution in [2.24, 2.45) is 0 Å². The molecule has 1 heterocycles. The van der Waals surface area contributed by atoms with Gasteiger partial charge in [0.15, 0.2) is 0 Å². The van der Waals surface area contributed by atoms with Crippen LogP contribution >= 0.6 is 27.7 Å². The average molecular weight is 244 g/mol. The molecule has 0 aliphatic carbocycles. The molecule has 1 aromatic carbocycles. The van der Waals surface area contributed by atoms with Crippen LogP contribution in [0.1, 0.15) is 11.6 Å². The summed E-state index contributed by atoms with van der Waals surface area (Å²) in [5.74, 6) is 1.15. The van der Waals surface area contributed by atoms with Crippen LogP contribution < -0.4 is 5.32 Å². The number of halogens is 1. The molecule has 0 radical (unpaired) electrons. The Balaban J connectivity index is 2.46. The van der Waals surface area contributed by atoms with Crippen LogP contribution in [0.5, 0.6) is 0 Å². The monoisotopic (exact) mass is 243 g/mol. The van der Waals surface area contributed by atoms with Crippen molar-refractivity contribution in [3.05, 3.63) is 28.2 Å². The van der Waals surface area contributed by atoms with Gasteiger partial charge in [0.25, 0.3) is 0 Å². The molecule has 1 N–H and O–H groups in total. The van der Waals surface area contributed by atoms with Crippen LogP contribution in [0.2, 0.25) is 0 Å². The fourth-order valence-electron chi connectivity index (χ4n) is 1.45. The maximum atomic E-state index is 3.56. The Kier molecular flexibility index (Phi) is 2.44. The first-order valence-corrected chi connectivity index (χ1v) is 5.69. The van der Waals surface area contributed by atoms with Crippen LogP contribution in [0.3, 0.4) is 0 Å².